The van der Waals surface area contributed by atoms with E-state index in [1.807, 2.05) is 30.9 Å². The van der Waals surface area contributed by atoms with E-state index in [2.05, 4.69) is 68.0 Å². The van der Waals surface area contributed by atoms with Crippen LogP contribution in [0.2, 0.25) is 0 Å². The summed E-state index contributed by atoms with van der Waals surface area (Å²) in [5.74, 6) is 1.88. The zero-order valence-corrected chi connectivity index (χ0v) is 18.9. The molecule has 1 N–H and O–H groups in total. The molecule has 2 aromatic carbocycles. The normalized spacial score (nSPS) is 14.5. The number of aromatic nitrogens is 2. The van der Waals surface area contributed by atoms with Crippen LogP contribution in [0.15, 0.2) is 72.2 Å². The number of rotatable bonds is 7. The number of nitrogens with one attached hydrogen (secondary N) is 1. The Morgan fingerprint density at radius 2 is 1.84 bits per heavy atom. The third-order valence-corrected chi connectivity index (χ3v) is 5.68. The molecule has 1 aromatic heterocycles. The fourth-order valence-corrected chi connectivity index (χ4v) is 3.98. The standard InChI is InChI=1S/C25H32N6O/c1-3-27-25(28-18-21-5-4-6-22(17-21)19-29-12-11-26-20-29)31-15-13-30(14-16-31)23-7-9-24(32-2)10-8-23/h4-12,17,20H,3,13-16,18-19H2,1-2H3,(H,27,28). The van der Waals surface area contributed by atoms with E-state index in [0.717, 1.165) is 51.0 Å². The summed E-state index contributed by atoms with van der Waals surface area (Å²) < 4.78 is 7.35. The molecular weight excluding hydrogens is 400 g/mol. The fraction of sp³-hybridized carbons (Fsp3) is 0.360. The molecule has 168 valence electrons. The number of benzene rings is 2. The fourth-order valence-electron chi connectivity index (χ4n) is 3.98. The van der Waals surface area contributed by atoms with Crippen LogP contribution in [0.1, 0.15) is 18.1 Å². The van der Waals surface area contributed by atoms with Crippen LogP contribution in [-0.4, -0.2) is 60.2 Å². The van der Waals surface area contributed by atoms with Crippen LogP contribution in [0, 0.1) is 0 Å². The summed E-state index contributed by atoms with van der Waals surface area (Å²) in [7, 11) is 1.70. The van der Waals surface area contributed by atoms with Crippen molar-refractivity contribution in [1.29, 1.82) is 0 Å². The van der Waals surface area contributed by atoms with E-state index in [9.17, 15) is 0 Å². The van der Waals surface area contributed by atoms with Crippen LogP contribution in [0.3, 0.4) is 0 Å². The van der Waals surface area contributed by atoms with Crippen molar-refractivity contribution in [3.05, 3.63) is 78.4 Å². The summed E-state index contributed by atoms with van der Waals surface area (Å²) in [4.78, 5) is 13.8. The highest BCUT2D eigenvalue weighted by molar-refractivity contribution is 5.80. The highest BCUT2D eigenvalue weighted by Gasteiger charge is 2.19. The van der Waals surface area contributed by atoms with Crippen LogP contribution in [0.5, 0.6) is 5.75 Å². The van der Waals surface area contributed by atoms with E-state index < -0.39 is 0 Å². The lowest BCUT2D eigenvalue weighted by Gasteiger charge is -2.37. The molecule has 7 heteroatoms. The first-order valence-corrected chi connectivity index (χ1v) is 11.2. The molecule has 0 aliphatic carbocycles. The monoisotopic (exact) mass is 432 g/mol. The van der Waals surface area contributed by atoms with Gasteiger partial charge >= 0.3 is 0 Å². The van der Waals surface area contributed by atoms with E-state index >= 15 is 0 Å². The number of hydrogen-bond donors (Lipinski definition) is 1. The lowest BCUT2D eigenvalue weighted by Crippen LogP contribution is -2.52. The lowest BCUT2D eigenvalue weighted by molar-refractivity contribution is 0.372. The van der Waals surface area contributed by atoms with Gasteiger partial charge in [0.05, 0.1) is 20.0 Å². The highest BCUT2D eigenvalue weighted by Crippen LogP contribution is 2.20. The largest absolute Gasteiger partial charge is 0.497 e. The zero-order valence-electron chi connectivity index (χ0n) is 18.9. The van der Waals surface area contributed by atoms with Crippen molar-refractivity contribution in [2.45, 2.75) is 20.0 Å². The predicted octanol–water partition coefficient (Wildman–Crippen LogP) is 3.23. The summed E-state index contributed by atoms with van der Waals surface area (Å²) in [6.07, 6.45) is 5.64. The average Bonchev–Trinajstić information content (AvgIpc) is 3.35. The summed E-state index contributed by atoms with van der Waals surface area (Å²) in [6, 6.07) is 16.9. The second kappa shape index (κ2) is 10.7. The molecule has 7 nitrogen and oxygen atoms in total. The Labute approximate surface area is 190 Å². The van der Waals surface area contributed by atoms with Gasteiger partial charge in [0.15, 0.2) is 5.96 Å². The first kappa shape index (κ1) is 21.7. The van der Waals surface area contributed by atoms with Gasteiger partial charge in [-0.15, -0.1) is 0 Å². The molecule has 1 aliphatic rings. The van der Waals surface area contributed by atoms with Gasteiger partial charge in [-0.25, -0.2) is 9.98 Å². The lowest BCUT2D eigenvalue weighted by atomic mass is 10.1. The van der Waals surface area contributed by atoms with Crippen molar-refractivity contribution in [3.63, 3.8) is 0 Å². The number of guanidine groups is 1. The molecule has 2 heterocycles. The van der Waals surface area contributed by atoms with Gasteiger partial charge in [-0.2, -0.15) is 0 Å². The molecule has 4 rings (SSSR count). The smallest absolute Gasteiger partial charge is 0.194 e. The Kier molecular flexibility index (Phi) is 7.27. The SMILES string of the molecule is CCNC(=NCc1cccc(Cn2ccnc2)c1)N1CCN(c2ccc(OC)cc2)CC1. The Hall–Kier alpha value is -3.48. The van der Waals surface area contributed by atoms with Gasteiger partial charge in [0.1, 0.15) is 5.75 Å². The summed E-state index contributed by atoms with van der Waals surface area (Å²) in [6.45, 7) is 8.29. The molecule has 3 aromatic rings. The molecule has 0 radical (unpaired) electrons. The predicted molar refractivity (Wildman–Crippen MR) is 129 cm³/mol. The van der Waals surface area contributed by atoms with Crippen LogP contribution >= 0.6 is 0 Å². The quantitative estimate of drug-likeness (QED) is 0.459. The van der Waals surface area contributed by atoms with Gasteiger partial charge in [0.25, 0.3) is 0 Å². The topological polar surface area (TPSA) is 57.9 Å². The Balaban J connectivity index is 1.37. The number of anilines is 1. The van der Waals surface area contributed by atoms with Gasteiger partial charge in [-0.05, 0) is 42.3 Å². The molecule has 0 unspecified atom stereocenters. The average molecular weight is 433 g/mol. The Morgan fingerprint density at radius 3 is 2.53 bits per heavy atom. The van der Waals surface area contributed by atoms with Gasteiger partial charge in [-0.3, -0.25) is 0 Å². The first-order chi connectivity index (χ1) is 15.7. The first-order valence-electron chi connectivity index (χ1n) is 11.2. The molecule has 1 fully saturated rings. The molecular formula is C25H32N6O. The number of hydrogen-bond acceptors (Lipinski definition) is 4. The third kappa shape index (κ3) is 5.60. The van der Waals surface area contributed by atoms with Crippen LogP contribution < -0.4 is 15.0 Å². The number of piperazine rings is 1. The maximum Gasteiger partial charge on any atom is 0.194 e. The minimum absolute atomic E-state index is 0.665. The summed E-state index contributed by atoms with van der Waals surface area (Å²) >= 11 is 0. The molecule has 1 aliphatic heterocycles. The minimum atomic E-state index is 0.665. The second-order valence-corrected chi connectivity index (χ2v) is 7.90. The van der Waals surface area contributed by atoms with E-state index in [4.69, 9.17) is 9.73 Å². The van der Waals surface area contributed by atoms with E-state index in [1.165, 1.54) is 16.8 Å². The highest BCUT2D eigenvalue weighted by atomic mass is 16.5. The van der Waals surface area contributed by atoms with Crippen molar-refractivity contribution in [2.75, 3.05) is 44.7 Å². The third-order valence-electron chi connectivity index (χ3n) is 5.68. The van der Waals surface area contributed by atoms with Gasteiger partial charge in [0.2, 0.25) is 0 Å². The number of aliphatic imine (C=N–C) groups is 1. The molecule has 0 spiro atoms. The van der Waals surface area contributed by atoms with Gasteiger partial charge in [-0.1, -0.05) is 24.3 Å². The number of methoxy groups -OCH3 is 1. The van der Waals surface area contributed by atoms with E-state index in [1.54, 1.807) is 7.11 Å². The Bertz CT molecular complexity index is 992. The molecule has 32 heavy (non-hydrogen) atoms. The second-order valence-electron chi connectivity index (χ2n) is 7.90. The molecule has 0 saturated carbocycles. The van der Waals surface area contributed by atoms with E-state index in [-0.39, 0.29) is 0 Å². The minimum Gasteiger partial charge on any atom is -0.497 e. The van der Waals surface area contributed by atoms with Crippen LogP contribution in [0.25, 0.3) is 0 Å². The molecule has 0 bridgehead atoms. The Morgan fingerprint density at radius 1 is 1.06 bits per heavy atom. The van der Waals surface area contributed by atoms with Crippen molar-refractivity contribution >= 4 is 11.6 Å². The van der Waals surface area contributed by atoms with Crippen molar-refractivity contribution in [2.24, 2.45) is 4.99 Å². The van der Waals surface area contributed by atoms with Gasteiger partial charge in [0, 0.05) is 57.3 Å². The number of ether oxygens (including phenoxy) is 1. The molecule has 0 amide bonds. The van der Waals surface area contributed by atoms with Crippen molar-refractivity contribution in [3.8, 4) is 5.75 Å². The summed E-state index contributed by atoms with van der Waals surface area (Å²) in [5, 5.41) is 3.47. The maximum atomic E-state index is 5.27. The van der Waals surface area contributed by atoms with Gasteiger partial charge < -0.3 is 24.4 Å². The number of nitrogens with zero attached hydrogens (tertiary/aromatic N) is 5. The maximum absolute atomic E-state index is 5.27. The van der Waals surface area contributed by atoms with Crippen LogP contribution in [0.4, 0.5) is 5.69 Å². The van der Waals surface area contributed by atoms with Crippen molar-refractivity contribution < 1.29 is 4.74 Å². The van der Waals surface area contributed by atoms with E-state index in [0.29, 0.717) is 6.54 Å². The molecule has 1 saturated heterocycles. The van der Waals surface area contributed by atoms with Crippen molar-refractivity contribution in [1.82, 2.24) is 19.8 Å². The summed E-state index contributed by atoms with van der Waals surface area (Å²) in [5.41, 5.74) is 3.71. The number of imidazole rings is 1. The molecule has 0 atom stereocenters. The zero-order chi connectivity index (χ0) is 22.2. The van der Waals surface area contributed by atoms with Crippen LogP contribution in [-0.2, 0) is 13.1 Å².